The summed E-state index contributed by atoms with van der Waals surface area (Å²) in [6.45, 7) is 0.228. The van der Waals surface area contributed by atoms with Crippen molar-refractivity contribution in [3.63, 3.8) is 0 Å². The number of hydrogen-bond donors (Lipinski definition) is 4. The predicted octanol–water partition coefficient (Wildman–Crippen LogP) is 2.86. The van der Waals surface area contributed by atoms with Crippen molar-refractivity contribution in [1.29, 1.82) is 0 Å². The summed E-state index contributed by atoms with van der Waals surface area (Å²) in [5, 5.41) is 16.6. The number of carboxylic acid groups (broad SMARTS) is 1. The smallest absolute Gasteiger partial charge is 0.335 e. The van der Waals surface area contributed by atoms with E-state index in [0.29, 0.717) is 16.9 Å². The number of methoxy groups -OCH3 is 1. The van der Waals surface area contributed by atoms with E-state index < -0.39 is 11.9 Å². The number of nitrogens with two attached hydrogens (primary N) is 2. The third kappa shape index (κ3) is 4.73. The lowest BCUT2D eigenvalue weighted by atomic mass is 10.0. The van der Waals surface area contributed by atoms with E-state index in [1.807, 2.05) is 24.3 Å². The molecule has 0 aliphatic carbocycles. The second-order valence-corrected chi connectivity index (χ2v) is 7.84. The molecule has 10 nitrogen and oxygen atoms in total. The van der Waals surface area contributed by atoms with Crippen LogP contribution in [0.1, 0.15) is 36.6 Å². The molecule has 4 aromatic rings. The van der Waals surface area contributed by atoms with Gasteiger partial charge in [-0.2, -0.15) is 5.10 Å². The number of carboxylic acids is 1. The molecule has 0 atom stereocenters. The van der Waals surface area contributed by atoms with Crippen LogP contribution in [-0.2, 0) is 6.54 Å². The molecule has 3 aromatic carbocycles. The topological polar surface area (TPSA) is 163 Å². The second kappa shape index (κ2) is 10.0. The molecule has 0 spiro atoms. The number of para-hydroxylation sites is 1. The van der Waals surface area contributed by atoms with E-state index in [-0.39, 0.29) is 35.0 Å². The summed E-state index contributed by atoms with van der Waals surface area (Å²) >= 11 is 0. The summed E-state index contributed by atoms with van der Waals surface area (Å²) in [5.41, 5.74) is 14.1. The van der Waals surface area contributed by atoms with Crippen LogP contribution in [0.2, 0.25) is 0 Å². The molecule has 0 fully saturated rings. The van der Waals surface area contributed by atoms with Crippen molar-refractivity contribution in [2.75, 3.05) is 12.8 Å². The minimum atomic E-state index is -1.21. The number of carbonyl (C=O) groups is 3. The van der Waals surface area contributed by atoms with E-state index >= 15 is 0 Å². The Balaban J connectivity index is 1.66. The maximum absolute atomic E-state index is 12.7. The molecule has 6 N–H and O–H groups in total. The van der Waals surface area contributed by atoms with Gasteiger partial charge in [0.05, 0.1) is 35.7 Å². The number of rotatable bonds is 8. The zero-order valence-electron chi connectivity index (χ0n) is 19.3. The van der Waals surface area contributed by atoms with E-state index in [1.54, 1.807) is 36.7 Å². The van der Waals surface area contributed by atoms with Gasteiger partial charge in [-0.25, -0.2) is 9.48 Å². The van der Waals surface area contributed by atoms with Crippen LogP contribution < -0.4 is 21.5 Å². The van der Waals surface area contributed by atoms with Crippen molar-refractivity contribution in [2.24, 2.45) is 5.73 Å². The summed E-state index contributed by atoms with van der Waals surface area (Å²) in [4.78, 5) is 36.3. The van der Waals surface area contributed by atoms with Gasteiger partial charge >= 0.3 is 5.97 Å². The fraction of sp³-hybridized carbons (Fsp3) is 0.0769. The summed E-state index contributed by atoms with van der Waals surface area (Å²) < 4.78 is 6.61. The lowest BCUT2D eigenvalue weighted by molar-refractivity contribution is 0.0696. The normalized spacial score (nSPS) is 10.6. The Bertz CT molecular complexity index is 1480. The highest BCUT2D eigenvalue weighted by molar-refractivity contribution is 6.04. The zero-order chi connectivity index (χ0) is 25.8. The van der Waals surface area contributed by atoms with Crippen molar-refractivity contribution in [2.45, 2.75) is 6.54 Å². The van der Waals surface area contributed by atoms with Crippen molar-refractivity contribution in [3.8, 4) is 22.6 Å². The first kappa shape index (κ1) is 24.0. The number of ether oxygens (including phenoxy) is 1. The number of amides is 2. The molecule has 4 rings (SSSR count). The number of aromatic nitrogens is 2. The van der Waals surface area contributed by atoms with Gasteiger partial charge in [0.25, 0.3) is 11.8 Å². The van der Waals surface area contributed by atoms with Crippen LogP contribution >= 0.6 is 0 Å². The van der Waals surface area contributed by atoms with Gasteiger partial charge in [-0.3, -0.25) is 9.59 Å². The number of nitrogens with one attached hydrogen (secondary N) is 1. The van der Waals surface area contributed by atoms with E-state index in [1.165, 1.54) is 23.9 Å². The molecule has 0 saturated carbocycles. The van der Waals surface area contributed by atoms with Crippen molar-refractivity contribution in [3.05, 3.63) is 95.3 Å². The van der Waals surface area contributed by atoms with Gasteiger partial charge < -0.3 is 26.6 Å². The quantitative estimate of drug-likeness (QED) is 0.279. The molecular weight excluding hydrogens is 462 g/mol. The minimum absolute atomic E-state index is 0.0352. The third-order valence-electron chi connectivity index (χ3n) is 5.59. The Labute approximate surface area is 206 Å². The highest BCUT2D eigenvalue weighted by atomic mass is 16.5. The molecule has 0 bridgehead atoms. The fourth-order valence-electron chi connectivity index (χ4n) is 3.87. The van der Waals surface area contributed by atoms with Gasteiger partial charge in [0.15, 0.2) is 0 Å². The first-order chi connectivity index (χ1) is 17.3. The largest absolute Gasteiger partial charge is 0.496 e. The molecule has 36 heavy (non-hydrogen) atoms. The van der Waals surface area contributed by atoms with Crippen LogP contribution in [0.4, 0.5) is 5.69 Å². The Morgan fingerprint density at radius 1 is 1.08 bits per heavy atom. The van der Waals surface area contributed by atoms with Gasteiger partial charge in [0.1, 0.15) is 5.75 Å². The summed E-state index contributed by atoms with van der Waals surface area (Å²) in [6.07, 6.45) is 3.20. The Kier molecular flexibility index (Phi) is 6.68. The average Bonchev–Trinajstić information content (AvgIpc) is 3.36. The fourth-order valence-corrected chi connectivity index (χ4v) is 3.87. The molecule has 1 aromatic heterocycles. The molecule has 182 valence electrons. The van der Waals surface area contributed by atoms with Crippen molar-refractivity contribution in [1.82, 2.24) is 15.1 Å². The monoisotopic (exact) mass is 485 g/mol. The van der Waals surface area contributed by atoms with Crippen molar-refractivity contribution < 1.29 is 24.2 Å². The minimum Gasteiger partial charge on any atom is -0.496 e. The molecule has 0 aliphatic heterocycles. The highest BCUT2D eigenvalue weighted by Crippen LogP contribution is 2.28. The molecule has 0 aliphatic rings. The number of nitrogens with zero attached hydrogens (tertiary/aromatic N) is 2. The van der Waals surface area contributed by atoms with E-state index in [0.717, 1.165) is 11.1 Å². The molecule has 10 heteroatoms. The molecule has 0 unspecified atom stereocenters. The molecular formula is C26H23N5O5. The van der Waals surface area contributed by atoms with Gasteiger partial charge in [-0.1, -0.05) is 36.4 Å². The van der Waals surface area contributed by atoms with Gasteiger partial charge in [0.2, 0.25) is 0 Å². The van der Waals surface area contributed by atoms with Gasteiger partial charge in [0, 0.05) is 24.0 Å². The molecule has 0 saturated heterocycles. The number of carbonyl (C=O) groups excluding carboxylic acids is 2. The van der Waals surface area contributed by atoms with Crippen LogP contribution in [0.15, 0.2) is 73.1 Å². The van der Waals surface area contributed by atoms with Gasteiger partial charge in [-0.15, -0.1) is 0 Å². The van der Waals surface area contributed by atoms with Crippen LogP contribution in [0.25, 0.3) is 16.8 Å². The average molecular weight is 486 g/mol. The van der Waals surface area contributed by atoms with Crippen molar-refractivity contribution >= 4 is 23.5 Å². The number of anilines is 1. The Morgan fingerprint density at radius 3 is 2.53 bits per heavy atom. The predicted molar refractivity (Wildman–Crippen MR) is 133 cm³/mol. The maximum Gasteiger partial charge on any atom is 0.335 e. The second-order valence-electron chi connectivity index (χ2n) is 7.84. The zero-order valence-corrected chi connectivity index (χ0v) is 19.3. The maximum atomic E-state index is 12.7. The molecule has 0 radical (unpaired) electrons. The lowest BCUT2D eigenvalue weighted by Crippen LogP contribution is -2.23. The van der Waals surface area contributed by atoms with Crippen LogP contribution in [0, 0.1) is 0 Å². The summed E-state index contributed by atoms with van der Waals surface area (Å²) in [5.74, 6) is -1.83. The van der Waals surface area contributed by atoms with Crippen LogP contribution in [0.5, 0.6) is 5.75 Å². The van der Waals surface area contributed by atoms with E-state index in [9.17, 15) is 19.5 Å². The molecule has 2 amide bonds. The van der Waals surface area contributed by atoms with Crippen LogP contribution in [0.3, 0.4) is 0 Å². The Morgan fingerprint density at radius 2 is 1.81 bits per heavy atom. The number of primary amides is 1. The highest BCUT2D eigenvalue weighted by Gasteiger charge is 2.20. The summed E-state index contributed by atoms with van der Waals surface area (Å²) in [7, 11) is 1.50. The standard InChI is InChI=1S/C26H23N5O5/c1-36-22-9-5-4-8-19(22)25(33)29-12-15-6-2-3-7-18(15)17-13-30-31(14-17)21-11-16(26(34)35)10-20(27)23(21)24(28)32/h2-11,13-14H,12,27H2,1H3,(H2,28,32)(H,29,33)(H,34,35). The third-order valence-corrected chi connectivity index (χ3v) is 5.59. The lowest BCUT2D eigenvalue weighted by Gasteiger charge is -2.12. The number of aromatic carboxylic acids is 1. The van der Waals surface area contributed by atoms with Gasteiger partial charge in [-0.05, 0) is 35.4 Å². The number of benzene rings is 3. The summed E-state index contributed by atoms with van der Waals surface area (Å²) in [6, 6.07) is 16.8. The Hall–Kier alpha value is -5.12. The molecule has 1 heterocycles. The van der Waals surface area contributed by atoms with E-state index in [2.05, 4.69) is 10.4 Å². The first-order valence-electron chi connectivity index (χ1n) is 10.8. The number of nitrogen functional groups attached to an aromatic ring is 1. The van der Waals surface area contributed by atoms with Crippen LogP contribution in [-0.4, -0.2) is 39.8 Å². The van der Waals surface area contributed by atoms with E-state index in [4.69, 9.17) is 16.2 Å². The number of hydrogen-bond acceptors (Lipinski definition) is 6. The first-order valence-corrected chi connectivity index (χ1v) is 10.8. The SMILES string of the molecule is COc1ccccc1C(=O)NCc1ccccc1-c1cnn(-c2cc(C(=O)O)cc(N)c2C(N)=O)c1.